The molecule has 0 unspecified atom stereocenters. The number of hydrogen-bond donors (Lipinski definition) is 3. The predicted octanol–water partition coefficient (Wildman–Crippen LogP) is 4.15. The number of fused-ring (bicyclic) bond motifs is 1. The summed E-state index contributed by atoms with van der Waals surface area (Å²) in [6.45, 7) is 2.13. The fourth-order valence-corrected chi connectivity index (χ4v) is 3.86. The van der Waals surface area contributed by atoms with Crippen molar-refractivity contribution >= 4 is 40.4 Å². The van der Waals surface area contributed by atoms with Gasteiger partial charge in [-0.15, -0.1) is 11.3 Å². The molecule has 156 valence electrons. The molecule has 2 aromatic heterocycles. The van der Waals surface area contributed by atoms with Crippen molar-refractivity contribution < 1.29 is 18.0 Å². The molecule has 0 aliphatic carbocycles. The van der Waals surface area contributed by atoms with Gasteiger partial charge in [0.1, 0.15) is 11.4 Å². The molecule has 7 nitrogen and oxygen atoms in total. The highest BCUT2D eigenvalue weighted by atomic mass is 32.1. The van der Waals surface area contributed by atoms with E-state index in [1.165, 1.54) is 11.3 Å². The van der Waals surface area contributed by atoms with E-state index in [1.54, 1.807) is 23.7 Å². The maximum Gasteiger partial charge on any atom is 0.421 e. The van der Waals surface area contributed by atoms with Crippen molar-refractivity contribution in [2.24, 2.45) is 0 Å². The van der Waals surface area contributed by atoms with Crippen LogP contribution in [0, 0.1) is 6.92 Å². The van der Waals surface area contributed by atoms with Crippen molar-refractivity contribution in [3.05, 3.63) is 51.6 Å². The van der Waals surface area contributed by atoms with E-state index in [9.17, 15) is 18.0 Å². The summed E-state index contributed by atoms with van der Waals surface area (Å²) in [4.78, 5) is 24.5. The van der Waals surface area contributed by atoms with Crippen LogP contribution in [0.5, 0.6) is 0 Å². The van der Waals surface area contributed by atoms with Crippen LogP contribution in [0.3, 0.4) is 0 Å². The Hall–Kier alpha value is -3.21. The van der Waals surface area contributed by atoms with Gasteiger partial charge >= 0.3 is 6.18 Å². The summed E-state index contributed by atoms with van der Waals surface area (Å²) in [5.41, 5.74) is 3.74. The fraction of sp³-hybridized carbons (Fsp3) is 0.263. The minimum Gasteiger partial charge on any atom is -0.369 e. The van der Waals surface area contributed by atoms with E-state index in [1.807, 2.05) is 6.92 Å². The highest BCUT2D eigenvalue weighted by molar-refractivity contribution is 7.09. The molecule has 0 atom stereocenters. The van der Waals surface area contributed by atoms with Crippen LogP contribution in [0.4, 0.5) is 36.3 Å². The van der Waals surface area contributed by atoms with Crippen molar-refractivity contribution in [2.45, 2.75) is 25.9 Å². The topological polar surface area (TPSA) is 91.8 Å². The third-order valence-corrected chi connectivity index (χ3v) is 5.56. The van der Waals surface area contributed by atoms with Crippen LogP contribution in [-0.4, -0.2) is 27.4 Å². The van der Waals surface area contributed by atoms with Crippen molar-refractivity contribution in [1.29, 1.82) is 0 Å². The van der Waals surface area contributed by atoms with Gasteiger partial charge in [0.05, 0.1) is 17.6 Å². The molecule has 30 heavy (non-hydrogen) atoms. The summed E-state index contributed by atoms with van der Waals surface area (Å²) in [5.74, 6) is -0.368. The molecule has 0 radical (unpaired) electrons. The van der Waals surface area contributed by atoms with E-state index >= 15 is 0 Å². The number of amides is 1. The molecule has 1 aliphatic rings. The van der Waals surface area contributed by atoms with Gasteiger partial charge in [0.15, 0.2) is 0 Å². The lowest BCUT2D eigenvalue weighted by Gasteiger charge is -2.15. The Morgan fingerprint density at radius 2 is 2.10 bits per heavy atom. The van der Waals surface area contributed by atoms with Crippen molar-refractivity contribution in [2.75, 3.05) is 22.5 Å². The largest absolute Gasteiger partial charge is 0.421 e. The van der Waals surface area contributed by atoms with Crippen LogP contribution >= 0.6 is 11.3 Å². The van der Waals surface area contributed by atoms with Gasteiger partial charge in [-0.1, -0.05) is 0 Å². The molecule has 1 aliphatic heterocycles. The Kier molecular flexibility index (Phi) is 5.29. The summed E-state index contributed by atoms with van der Waals surface area (Å²) < 4.78 is 40.1. The SMILES string of the molecule is Cc1ncsc1CCNc1nc(Nc2ccc3c(c2)CC(=O)N3)ncc1C(F)(F)F. The van der Waals surface area contributed by atoms with Crippen LogP contribution < -0.4 is 16.0 Å². The number of carbonyl (C=O) groups excluding carboxylic acids is 1. The second-order valence-corrected chi connectivity index (χ2v) is 7.65. The standard InChI is InChI=1S/C19H17F3N6OS/c1-10-15(30-9-25-10)4-5-23-17-13(19(20,21)22)8-24-18(28-17)26-12-2-3-14-11(6-12)7-16(29)27-14/h2-3,6,8-9H,4-5,7H2,1H3,(H,27,29)(H2,23,24,26,28). The van der Waals surface area contributed by atoms with Crippen LogP contribution in [-0.2, 0) is 23.8 Å². The third kappa shape index (κ3) is 4.35. The number of thiazole rings is 1. The third-order valence-electron chi connectivity index (χ3n) is 4.57. The molecule has 3 heterocycles. The predicted molar refractivity (Wildman–Crippen MR) is 108 cm³/mol. The zero-order chi connectivity index (χ0) is 21.3. The van der Waals surface area contributed by atoms with E-state index in [0.29, 0.717) is 12.1 Å². The summed E-state index contributed by atoms with van der Waals surface area (Å²) in [7, 11) is 0. The number of halogens is 3. The van der Waals surface area contributed by atoms with Gasteiger partial charge in [0.2, 0.25) is 11.9 Å². The average molecular weight is 434 g/mol. The first kappa shape index (κ1) is 20.1. The average Bonchev–Trinajstić information content (AvgIpc) is 3.25. The van der Waals surface area contributed by atoms with Gasteiger partial charge in [-0.25, -0.2) is 9.97 Å². The summed E-state index contributed by atoms with van der Waals surface area (Å²) >= 11 is 1.46. The fourth-order valence-electron chi connectivity index (χ4n) is 3.08. The highest BCUT2D eigenvalue weighted by Crippen LogP contribution is 2.34. The molecular weight excluding hydrogens is 417 g/mol. The number of nitrogens with zero attached hydrogens (tertiary/aromatic N) is 3. The molecule has 4 rings (SSSR count). The highest BCUT2D eigenvalue weighted by Gasteiger charge is 2.35. The molecule has 0 fully saturated rings. The Morgan fingerprint density at radius 1 is 1.27 bits per heavy atom. The number of rotatable bonds is 6. The molecule has 1 amide bonds. The molecular formula is C19H17F3N6OS. The normalized spacial score (nSPS) is 13.1. The number of alkyl halides is 3. The van der Waals surface area contributed by atoms with Crippen molar-refractivity contribution in [3.63, 3.8) is 0 Å². The van der Waals surface area contributed by atoms with Gasteiger partial charge in [0.25, 0.3) is 0 Å². The van der Waals surface area contributed by atoms with Crippen molar-refractivity contribution in [3.8, 4) is 0 Å². The van der Waals surface area contributed by atoms with Crippen LogP contribution in [0.25, 0.3) is 0 Å². The first-order valence-electron chi connectivity index (χ1n) is 9.06. The van der Waals surface area contributed by atoms with E-state index in [2.05, 4.69) is 30.9 Å². The van der Waals surface area contributed by atoms with Crippen LogP contribution in [0.15, 0.2) is 29.9 Å². The lowest BCUT2D eigenvalue weighted by Crippen LogP contribution is -2.16. The first-order valence-corrected chi connectivity index (χ1v) is 9.94. The number of anilines is 4. The molecule has 3 aromatic rings. The summed E-state index contributed by atoms with van der Waals surface area (Å²) in [6.07, 6.45) is -3.04. The molecule has 1 aromatic carbocycles. The molecule has 0 saturated carbocycles. The van der Waals surface area contributed by atoms with Gasteiger partial charge in [-0.05, 0) is 30.7 Å². The Bertz CT molecular complexity index is 1100. The number of carbonyl (C=O) groups is 1. The minimum absolute atomic E-state index is 0.0247. The van der Waals surface area contributed by atoms with E-state index in [-0.39, 0.29) is 30.6 Å². The van der Waals surface area contributed by atoms with Gasteiger partial charge in [0, 0.05) is 35.4 Å². The second-order valence-electron chi connectivity index (χ2n) is 6.71. The lowest BCUT2D eigenvalue weighted by atomic mass is 10.1. The number of benzene rings is 1. The monoisotopic (exact) mass is 434 g/mol. The van der Waals surface area contributed by atoms with Gasteiger partial charge < -0.3 is 16.0 Å². The second kappa shape index (κ2) is 7.90. The summed E-state index contributed by atoms with van der Waals surface area (Å²) in [5, 5.41) is 8.40. The molecule has 0 spiro atoms. The Morgan fingerprint density at radius 3 is 2.83 bits per heavy atom. The lowest BCUT2D eigenvalue weighted by molar-refractivity contribution is -0.137. The Balaban J connectivity index is 1.53. The smallest absolute Gasteiger partial charge is 0.369 e. The zero-order valence-electron chi connectivity index (χ0n) is 15.8. The van der Waals surface area contributed by atoms with E-state index < -0.39 is 11.7 Å². The van der Waals surface area contributed by atoms with E-state index in [0.717, 1.165) is 28.0 Å². The maximum absolute atomic E-state index is 13.4. The Labute approximate surface area is 173 Å². The zero-order valence-corrected chi connectivity index (χ0v) is 16.6. The van der Waals surface area contributed by atoms with Gasteiger partial charge in [-0.2, -0.15) is 18.2 Å². The summed E-state index contributed by atoms with van der Waals surface area (Å²) in [6, 6.07) is 5.17. The minimum atomic E-state index is -4.58. The molecule has 11 heteroatoms. The van der Waals surface area contributed by atoms with Crippen LogP contribution in [0.2, 0.25) is 0 Å². The maximum atomic E-state index is 13.4. The molecule has 3 N–H and O–H groups in total. The van der Waals surface area contributed by atoms with Crippen molar-refractivity contribution in [1.82, 2.24) is 15.0 Å². The molecule has 0 saturated heterocycles. The van der Waals surface area contributed by atoms with Gasteiger partial charge in [-0.3, -0.25) is 4.79 Å². The van der Waals surface area contributed by atoms with Crippen LogP contribution in [0.1, 0.15) is 21.7 Å². The number of nitrogens with one attached hydrogen (secondary N) is 3. The first-order chi connectivity index (χ1) is 14.3. The molecule has 0 bridgehead atoms. The van der Waals surface area contributed by atoms with E-state index in [4.69, 9.17) is 0 Å². The quantitative estimate of drug-likeness (QED) is 0.540. The number of aryl methyl sites for hydroxylation is 1. The number of aromatic nitrogens is 3. The number of hydrogen-bond acceptors (Lipinski definition) is 7.